The Kier molecular flexibility index (Phi) is 10.8. The summed E-state index contributed by atoms with van der Waals surface area (Å²) in [5, 5.41) is 15.3. The van der Waals surface area contributed by atoms with Crippen LogP contribution in [0.25, 0.3) is 0 Å². The molecule has 11 nitrogen and oxygen atoms in total. The third-order valence-corrected chi connectivity index (χ3v) is 7.49. The van der Waals surface area contributed by atoms with E-state index in [9.17, 15) is 24.3 Å². The third-order valence-electron chi connectivity index (χ3n) is 7.49. The first-order valence-electron chi connectivity index (χ1n) is 14.4. The summed E-state index contributed by atoms with van der Waals surface area (Å²) in [6, 6.07) is 18.8. The van der Waals surface area contributed by atoms with E-state index in [-0.39, 0.29) is 24.3 Å². The molecule has 0 bridgehead atoms. The summed E-state index contributed by atoms with van der Waals surface area (Å²) in [5.74, 6) is -1.10. The van der Waals surface area contributed by atoms with Crippen molar-refractivity contribution in [3.05, 3.63) is 89.0 Å². The molecule has 0 saturated carbocycles. The lowest BCUT2D eigenvalue weighted by molar-refractivity contribution is -0.137. The number of nitrogens with zero attached hydrogens (tertiary/aromatic N) is 2. The highest BCUT2D eigenvalue weighted by molar-refractivity contribution is 6.00. The van der Waals surface area contributed by atoms with E-state index in [4.69, 9.17) is 9.47 Å². The zero-order chi connectivity index (χ0) is 31.6. The number of aryl methyl sites for hydroxylation is 1. The lowest BCUT2D eigenvalue weighted by atomic mass is 10.0. The summed E-state index contributed by atoms with van der Waals surface area (Å²) in [5.41, 5.74) is 3.89. The largest absolute Gasteiger partial charge is 0.497 e. The molecule has 1 heterocycles. The van der Waals surface area contributed by atoms with E-state index in [0.29, 0.717) is 55.3 Å². The van der Waals surface area contributed by atoms with Crippen molar-refractivity contribution in [3.63, 3.8) is 0 Å². The van der Waals surface area contributed by atoms with E-state index in [1.165, 1.54) is 7.11 Å². The third kappa shape index (κ3) is 8.50. The molecule has 3 N–H and O–H groups in total. The standard InChI is InChI=1S/C33H38N4O7/c1-22-5-9-24(10-6-22)27(21-31(39)40)35-32(41)25-11-14-29(36-15-4-16-37(18-17-36)33(42)44-3)28(20-25)34-30(38)19-23-7-12-26(43-2)13-8-23/h5-14,20,27H,4,15-19,21H2,1-3H3,(H,34,38)(H,35,41)(H,39,40). The molecule has 1 unspecified atom stereocenters. The minimum atomic E-state index is -1.04. The smallest absolute Gasteiger partial charge is 0.409 e. The van der Waals surface area contributed by atoms with Gasteiger partial charge in [0, 0.05) is 31.7 Å². The van der Waals surface area contributed by atoms with Gasteiger partial charge in [0.05, 0.1) is 44.5 Å². The monoisotopic (exact) mass is 602 g/mol. The van der Waals surface area contributed by atoms with Crippen molar-refractivity contribution >= 4 is 35.3 Å². The van der Waals surface area contributed by atoms with Crippen molar-refractivity contribution in [1.82, 2.24) is 10.2 Å². The Bertz CT molecular complexity index is 1470. The predicted molar refractivity (Wildman–Crippen MR) is 166 cm³/mol. The molecular weight excluding hydrogens is 564 g/mol. The number of rotatable bonds is 10. The molecule has 1 saturated heterocycles. The van der Waals surface area contributed by atoms with Crippen LogP contribution in [0.5, 0.6) is 5.75 Å². The summed E-state index contributed by atoms with van der Waals surface area (Å²) in [7, 11) is 2.93. The highest BCUT2D eigenvalue weighted by atomic mass is 16.5. The van der Waals surface area contributed by atoms with Gasteiger partial charge in [-0.15, -0.1) is 0 Å². The number of ether oxygens (including phenoxy) is 2. The van der Waals surface area contributed by atoms with Crippen molar-refractivity contribution < 1.29 is 33.8 Å². The fourth-order valence-electron chi connectivity index (χ4n) is 5.11. The van der Waals surface area contributed by atoms with Crippen molar-refractivity contribution in [2.75, 3.05) is 50.6 Å². The number of benzene rings is 3. The van der Waals surface area contributed by atoms with Crippen LogP contribution in [0.4, 0.5) is 16.2 Å². The molecule has 0 radical (unpaired) electrons. The fraction of sp³-hybridized carbons (Fsp3) is 0.333. The van der Waals surface area contributed by atoms with Gasteiger partial charge in [0.25, 0.3) is 5.91 Å². The Hall–Kier alpha value is -5.06. The van der Waals surface area contributed by atoms with Crippen LogP contribution < -0.4 is 20.3 Å². The molecule has 4 rings (SSSR count). The number of methoxy groups -OCH3 is 2. The Labute approximate surface area is 256 Å². The molecule has 11 heteroatoms. The lowest BCUT2D eigenvalue weighted by Gasteiger charge is -2.26. The van der Waals surface area contributed by atoms with E-state index < -0.39 is 24.0 Å². The normalized spacial score (nSPS) is 13.8. The quantitative estimate of drug-likeness (QED) is 0.310. The fourth-order valence-corrected chi connectivity index (χ4v) is 5.11. The maximum atomic E-state index is 13.5. The first-order valence-corrected chi connectivity index (χ1v) is 14.4. The molecular formula is C33H38N4O7. The predicted octanol–water partition coefficient (Wildman–Crippen LogP) is 4.41. The van der Waals surface area contributed by atoms with Crippen molar-refractivity contribution in [1.29, 1.82) is 0 Å². The molecule has 3 aromatic rings. The minimum absolute atomic E-state index is 0.101. The number of hydrogen-bond acceptors (Lipinski definition) is 7. The second-order valence-electron chi connectivity index (χ2n) is 10.6. The van der Waals surface area contributed by atoms with Crippen LogP contribution in [0.15, 0.2) is 66.7 Å². The van der Waals surface area contributed by atoms with Crippen LogP contribution in [0.3, 0.4) is 0 Å². The van der Waals surface area contributed by atoms with E-state index in [0.717, 1.165) is 11.1 Å². The van der Waals surface area contributed by atoms with Gasteiger partial charge in [0.15, 0.2) is 0 Å². The highest BCUT2D eigenvalue weighted by Crippen LogP contribution is 2.30. The molecule has 0 aromatic heterocycles. The maximum absolute atomic E-state index is 13.5. The van der Waals surface area contributed by atoms with Gasteiger partial charge in [-0.05, 0) is 54.8 Å². The van der Waals surface area contributed by atoms with Crippen LogP contribution in [0, 0.1) is 6.92 Å². The summed E-state index contributed by atoms with van der Waals surface area (Å²) < 4.78 is 10.1. The molecule has 3 amide bonds. The van der Waals surface area contributed by atoms with Gasteiger partial charge >= 0.3 is 12.1 Å². The van der Waals surface area contributed by atoms with Gasteiger partial charge in [-0.1, -0.05) is 42.0 Å². The highest BCUT2D eigenvalue weighted by Gasteiger charge is 2.24. The Morgan fingerprint density at radius 1 is 0.909 bits per heavy atom. The summed E-state index contributed by atoms with van der Waals surface area (Å²) in [4.78, 5) is 54.1. The van der Waals surface area contributed by atoms with Crippen LogP contribution in [0.2, 0.25) is 0 Å². The van der Waals surface area contributed by atoms with Crippen LogP contribution in [-0.2, 0) is 20.7 Å². The van der Waals surface area contributed by atoms with Crippen molar-refractivity contribution in [2.24, 2.45) is 0 Å². The summed E-state index contributed by atoms with van der Waals surface area (Å²) in [6.07, 6.45) is 0.105. The topological polar surface area (TPSA) is 138 Å². The first-order chi connectivity index (χ1) is 21.2. The number of carboxylic acid groups (broad SMARTS) is 1. The molecule has 1 aliphatic rings. The van der Waals surface area contributed by atoms with Gasteiger partial charge in [-0.3, -0.25) is 14.4 Å². The Balaban J connectivity index is 1.60. The lowest BCUT2D eigenvalue weighted by Crippen LogP contribution is -2.35. The number of amides is 3. The van der Waals surface area contributed by atoms with Crippen LogP contribution in [-0.4, -0.2) is 74.3 Å². The number of carbonyl (C=O) groups is 4. The van der Waals surface area contributed by atoms with Gasteiger partial charge in [-0.2, -0.15) is 0 Å². The number of carbonyl (C=O) groups excluding carboxylic acids is 3. The summed E-state index contributed by atoms with van der Waals surface area (Å²) >= 11 is 0. The molecule has 0 spiro atoms. The number of anilines is 2. The van der Waals surface area contributed by atoms with E-state index >= 15 is 0 Å². The Morgan fingerprint density at radius 2 is 1.64 bits per heavy atom. The summed E-state index contributed by atoms with van der Waals surface area (Å²) in [6.45, 7) is 4.01. The Morgan fingerprint density at radius 3 is 2.30 bits per heavy atom. The van der Waals surface area contributed by atoms with Gasteiger partial charge in [0.1, 0.15) is 5.75 Å². The zero-order valence-corrected chi connectivity index (χ0v) is 25.2. The van der Waals surface area contributed by atoms with E-state index in [1.807, 2.05) is 31.2 Å². The molecule has 1 fully saturated rings. The van der Waals surface area contributed by atoms with Crippen molar-refractivity contribution in [2.45, 2.75) is 32.2 Å². The van der Waals surface area contributed by atoms with E-state index in [1.54, 1.807) is 54.5 Å². The van der Waals surface area contributed by atoms with Crippen LogP contribution >= 0.6 is 0 Å². The van der Waals surface area contributed by atoms with Gasteiger partial charge in [-0.25, -0.2) is 4.79 Å². The number of carboxylic acids is 1. The van der Waals surface area contributed by atoms with E-state index in [2.05, 4.69) is 15.5 Å². The van der Waals surface area contributed by atoms with Gasteiger partial charge < -0.3 is 35.0 Å². The molecule has 232 valence electrons. The first kappa shape index (κ1) is 31.9. The second-order valence-corrected chi connectivity index (χ2v) is 10.6. The molecule has 1 atom stereocenters. The minimum Gasteiger partial charge on any atom is -0.497 e. The number of hydrogen-bond donors (Lipinski definition) is 3. The molecule has 0 aliphatic carbocycles. The molecule has 44 heavy (non-hydrogen) atoms. The average molecular weight is 603 g/mol. The number of aliphatic carboxylic acids is 1. The van der Waals surface area contributed by atoms with Crippen LogP contribution in [0.1, 0.15) is 45.9 Å². The van der Waals surface area contributed by atoms with Gasteiger partial charge in [0.2, 0.25) is 5.91 Å². The van der Waals surface area contributed by atoms with Crippen molar-refractivity contribution in [3.8, 4) is 5.75 Å². The number of nitrogens with one attached hydrogen (secondary N) is 2. The molecule has 1 aliphatic heterocycles. The maximum Gasteiger partial charge on any atom is 0.409 e. The molecule has 3 aromatic carbocycles. The average Bonchev–Trinajstić information content (AvgIpc) is 3.27. The second kappa shape index (κ2) is 14.9. The zero-order valence-electron chi connectivity index (χ0n) is 25.2. The SMILES string of the molecule is COC(=O)N1CCCN(c2ccc(C(=O)NC(CC(=O)O)c3ccc(C)cc3)cc2NC(=O)Cc2ccc(OC)cc2)CC1.